The van der Waals surface area contributed by atoms with Crippen molar-refractivity contribution in [3.05, 3.63) is 0 Å². The van der Waals surface area contributed by atoms with Gasteiger partial charge in [-0.15, -0.1) is 0 Å². The first-order chi connectivity index (χ1) is 8.15. The fraction of sp³-hybridized carbons (Fsp3) is 0.917. The SMILES string of the molecule is CC1CCCC1NC(=O)NCC1(CO)COC1. The largest absolute Gasteiger partial charge is 0.396 e. The lowest BCUT2D eigenvalue weighted by atomic mass is 9.87. The number of nitrogens with one attached hydrogen (secondary N) is 2. The van der Waals surface area contributed by atoms with Gasteiger partial charge in [0.15, 0.2) is 0 Å². The van der Waals surface area contributed by atoms with Crippen LogP contribution < -0.4 is 10.6 Å². The zero-order chi connectivity index (χ0) is 12.3. The molecular weight excluding hydrogens is 220 g/mol. The molecule has 1 saturated heterocycles. The average Bonchev–Trinajstić information content (AvgIpc) is 2.64. The Bertz CT molecular complexity index is 273. The summed E-state index contributed by atoms with van der Waals surface area (Å²) in [6.07, 6.45) is 3.46. The Balaban J connectivity index is 1.70. The van der Waals surface area contributed by atoms with Crippen LogP contribution in [-0.4, -0.2) is 43.5 Å². The molecule has 1 heterocycles. The van der Waals surface area contributed by atoms with Crippen LogP contribution in [0.1, 0.15) is 26.2 Å². The van der Waals surface area contributed by atoms with Crippen molar-refractivity contribution in [3.8, 4) is 0 Å². The number of carbonyl (C=O) groups is 1. The van der Waals surface area contributed by atoms with Gasteiger partial charge < -0.3 is 20.5 Å². The number of ether oxygens (including phenoxy) is 1. The van der Waals surface area contributed by atoms with E-state index in [4.69, 9.17) is 4.74 Å². The Kier molecular flexibility index (Phi) is 3.89. The standard InChI is InChI=1S/C12H22N2O3/c1-9-3-2-4-10(9)14-11(16)13-5-12(6-15)7-17-8-12/h9-10,15H,2-8H2,1H3,(H2,13,14,16). The molecule has 2 rings (SSSR count). The second-order valence-corrected chi connectivity index (χ2v) is 5.49. The van der Waals surface area contributed by atoms with E-state index in [-0.39, 0.29) is 18.1 Å². The number of aliphatic hydroxyl groups excluding tert-OH is 1. The molecule has 0 aromatic rings. The van der Waals surface area contributed by atoms with E-state index in [9.17, 15) is 9.90 Å². The van der Waals surface area contributed by atoms with Gasteiger partial charge in [0.2, 0.25) is 0 Å². The number of amides is 2. The van der Waals surface area contributed by atoms with Crippen molar-refractivity contribution in [3.63, 3.8) is 0 Å². The van der Waals surface area contributed by atoms with E-state index in [2.05, 4.69) is 17.6 Å². The number of rotatable bonds is 4. The predicted octanol–water partition coefficient (Wildman–Crippen LogP) is 0.483. The van der Waals surface area contributed by atoms with E-state index < -0.39 is 0 Å². The lowest BCUT2D eigenvalue weighted by Crippen LogP contribution is -2.55. The Labute approximate surface area is 102 Å². The van der Waals surface area contributed by atoms with Crippen LogP contribution in [0.15, 0.2) is 0 Å². The van der Waals surface area contributed by atoms with E-state index >= 15 is 0 Å². The van der Waals surface area contributed by atoms with Gasteiger partial charge in [-0.2, -0.15) is 0 Å². The molecule has 3 N–H and O–H groups in total. The summed E-state index contributed by atoms with van der Waals surface area (Å²) in [4.78, 5) is 11.7. The molecule has 0 aromatic carbocycles. The lowest BCUT2D eigenvalue weighted by molar-refractivity contribution is -0.132. The molecule has 1 aliphatic carbocycles. The van der Waals surface area contributed by atoms with Crippen molar-refractivity contribution >= 4 is 6.03 Å². The normalized spacial score (nSPS) is 30.7. The minimum Gasteiger partial charge on any atom is -0.396 e. The van der Waals surface area contributed by atoms with Gasteiger partial charge in [-0.1, -0.05) is 13.3 Å². The minimum absolute atomic E-state index is 0.0626. The number of carbonyl (C=O) groups excluding carboxylic acids is 1. The highest BCUT2D eigenvalue weighted by Crippen LogP contribution is 2.26. The van der Waals surface area contributed by atoms with Crippen LogP contribution in [0.4, 0.5) is 4.79 Å². The molecule has 17 heavy (non-hydrogen) atoms. The first-order valence-corrected chi connectivity index (χ1v) is 6.38. The highest BCUT2D eigenvalue weighted by molar-refractivity contribution is 5.74. The number of hydrogen-bond donors (Lipinski definition) is 3. The van der Waals surface area contributed by atoms with Crippen LogP contribution in [0, 0.1) is 11.3 Å². The van der Waals surface area contributed by atoms with Gasteiger partial charge in [-0.05, 0) is 18.8 Å². The van der Waals surface area contributed by atoms with Crippen molar-refractivity contribution in [2.75, 3.05) is 26.4 Å². The van der Waals surface area contributed by atoms with Gasteiger partial charge in [0.1, 0.15) is 0 Å². The highest BCUT2D eigenvalue weighted by Gasteiger charge is 2.38. The summed E-state index contributed by atoms with van der Waals surface area (Å²) in [5.74, 6) is 0.569. The average molecular weight is 242 g/mol. The third kappa shape index (κ3) is 2.90. The van der Waals surface area contributed by atoms with Gasteiger partial charge in [-0.3, -0.25) is 0 Å². The third-order valence-electron chi connectivity index (χ3n) is 3.95. The summed E-state index contributed by atoms with van der Waals surface area (Å²) < 4.78 is 5.08. The summed E-state index contributed by atoms with van der Waals surface area (Å²) in [6, 6.07) is 0.182. The van der Waals surface area contributed by atoms with Crippen LogP contribution in [0.2, 0.25) is 0 Å². The molecule has 1 saturated carbocycles. The summed E-state index contributed by atoms with van der Waals surface area (Å²) in [7, 11) is 0. The van der Waals surface area contributed by atoms with Crippen LogP contribution in [0.5, 0.6) is 0 Å². The van der Waals surface area contributed by atoms with Crippen molar-refractivity contribution in [1.82, 2.24) is 10.6 Å². The molecule has 5 nitrogen and oxygen atoms in total. The van der Waals surface area contributed by atoms with E-state index in [1.165, 1.54) is 12.8 Å². The monoisotopic (exact) mass is 242 g/mol. The quantitative estimate of drug-likeness (QED) is 0.671. The van der Waals surface area contributed by atoms with Crippen LogP contribution in [-0.2, 0) is 4.74 Å². The number of aliphatic hydroxyl groups is 1. The molecule has 2 aliphatic rings. The first kappa shape index (κ1) is 12.6. The second kappa shape index (κ2) is 5.23. The Morgan fingerprint density at radius 1 is 1.47 bits per heavy atom. The van der Waals surface area contributed by atoms with E-state index in [0.717, 1.165) is 6.42 Å². The molecule has 98 valence electrons. The molecule has 1 aliphatic heterocycles. The summed E-state index contributed by atoms with van der Waals surface area (Å²) >= 11 is 0. The molecule has 5 heteroatoms. The van der Waals surface area contributed by atoms with Gasteiger partial charge in [0.05, 0.1) is 25.2 Å². The minimum atomic E-state index is -0.251. The van der Waals surface area contributed by atoms with Crippen molar-refractivity contribution in [1.29, 1.82) is 0 Å². The molecule has 2 fully saturated rings. The van der Waals surface area contributed by atoms with Gasteiger partial charge in [0, 0.05) is 12.6 Å². The molecule has 0 bridgehead atoms. The maximum absolute atomic E-state index is 11.7. The molecule has 2 atom stereocenters. The van der Waals surface area contributed by atoms with Crippen molar-refractivity contribution in [2.45, 2.75) is 32.2 Å². The van der Waals surface area contributed by atoms with Crippen molar-refractivity contribution in [2.24, 2.45) is 11.3 Å². The zero-order valence-electron chi connectivity index (χ0n) is 10.4. The molecule has 2 amide bonds. The number of hydrogen-bond acceptors (Lipinski definition) is 3. The summed E-state index contributed by atoms with van der Waals surface area (Å²) in [5.41, 5.74) is -0.251. The van der Waals surface area contributed by atoms with Crippen molar-refractivity contribution < 1.29 is 14.6 Å². The molecule has 0 spiro atoms. The first-order valence-electron chi connectivity index (χ1n) is 6.38. The Hall–Kier alpha value is -0.810. The Morgan fingerprint density at radius 2 is 2.24 bits per heavy atom. The van der Waals surface area contributed by atoms with Crippen LogP contribution in [0.3, 0.4) is 0 Å². The van der Waals surface area contributed by atoms with E-state index in [1.54, 1.807) is 0 Å². The van der Waals surface area contributed by atoms with E-state index in [0.29, 0.717) is 31.7 Å². The van der Waals surface area contributed by atoms with Gasteiger partial charge in [-0.25, -0.2) is 4.79 Å². The topological polar surface area (TPSA) is 70.6 Å². The second-order valence-electron chi connectivity index (χ2n) is 5.49. The summed E-state index contributed by atoms with van der Waals surface area (Å²) in [5, 5.41) is 15.1. The van der Waals surface area contributed by atoms with Crippen LogP contribution >= 0.6 is 0 Å². The molecule has 0 aromatic heterocycles. The smallest absolute Gasteiger partial charge is 0.315 e. The van der Waals surface area contributed by atoms with Crippen LogP contribution in [0.25, 0.3) is 0 Å². The number of urea groups is 1. The fourth-order valence-corrected chi connectivity index (χ4v) is 2.49. The lowest BCUT2D eigenvalue weighted by Gasteiger charge is -2.39. The van der Waals surface area contributed by atoms with E-state index in [1.807, 2.05) is 0 Å². The molecule has 2 unspecified atom stereocenters. The zero-order valence-corrected chi connectivity index (χ0v) is 10.4. The molecular formula is C12H22N2O3. The molecule has 0 radical (unpaired) electrons. The maximum atomic E-state index is 11.7. The third-order valence-corrected chi connectivity index (χ3v) is 3.95. The highest BCUT2D eigenvalue weighted by atomic mass is 16.5. The Morgan fingerprint density at radius 3 is 2.71 bits per heavy atom. The van der Waals surface area contributed by atoms with Gasteiger partial charge >= 0.3 is 6.03 Å². The predicted molar refractivity (Wildman–Crippen MR) is 63.7 cm³/mol. The van der Waals surface area contributed by atoms with Gasteiger partial charge in [0.25, 0.3) is 0 Å². The fourth-order valence-electron chi connectivity index (χ4n) is 2.49. The maximum Gasteiger partial charge on any atom is 0.315 e. The summed E-state index contributed by atoms with van der Waals surface area (Å²) in [6.45, 7) is 3.78.